The van der Waals surface area contributed by atoms with Gasteiger partial charge in [0.15, 0.2) is 0 Å². The zero-order valence-electron chi connectivity index (χ0n) is 19.8. The van der Waals surface area contributed by atoms with Crippen molar-refractivity contribution in [2.24, 2.45) is 0 Å². The maximum absolute atomic E-state index is 5.31. The summed E-state index contributed by atoms with van der Waals surface area (Å²) in [7, 11) is 0. The Morgan fingerprint density at radius 1 is 0.286 bits per heavy atom. The third-order valence-electron chi connectivity index (χ3n) is 5.75. The van der Waals surface area contributed by atoms with E-state index in [4.69, 9.17) is 9.78 Å². The lowest BCUT2D eigenvalue weighted by molar-refractivity contribution is -0.295. The zero-order valence-corrected chi connectivity index (χ0v) is 19.8. The Labute approximate surface area is 178 Å². The molecule has 0 rings (SSSR count). The summed E-state index contributed by atoms with van der Waals surface area (Å²) >= 11 is 0. The van der Waals surface area contributed by atoms with Gasteiger partial charge in [-0.3, -0.25) is 0 Å². The first kappa shape index (κ1) is 27.9. The van der Waals surface area contributed by atoms with E-state index >= 15 is 0 Å². The molecule has 0 saturated carbocycles. The Balaban J connectivity index is 2.96. The summed E-state index contributed by atoms with van der Waals surface area (Å²) in [5, 5.41) is 0. The molecule has 0 aromatic rings. The van der Waals surface area contributed by atoms with Crippen LogP contribution in [0.4, 0.5) is 0 Å². The second kappa shape index (κ2) is 26.9. The summed E-state index contributed by atoms with van der Waals surface area (Å²) in [4.78, 5) is 10.6. The van der Waals surface area contributed by atoms with Gasteiger partial charge < -0.3 is 0 Å². The van der Waals surface area contributed by atoms with Gasteiger partial charge in [0.2, 0.25) is 0 Å². The van der Waals surface area contributed by atoms with Crippen LogP contribution in [0.25, 0.3) is 0 Å². The number of rotatable bonds is 25. The molecule has 0 aliphatic heterocycles. The predicted octanol–water partition coefficient (Wildman–Crippen LogP) is 9.56. The van der Waals surface area contributed by atoms with Gasteiger partial charge in [-0.05, 0) is 12.8 Å². The molecule has 170 valence electrons. The lowest BCUT2D eigenvalue weighted by atomic mass is 10.1. The van der Waals surface area contributed by atoms with Crippen LogP contribution in [0.3, 0.4) is 0 Å². The van der Waals surface area contributed by atoms with Crippen LogP contribution in [-0.4, -0.2) is 13.2 Å². The second-order valence-electron chi connectivity index (χ2n) is 8.72. The van der Waals surface area contributed by atoms with E-state index in [2.05, 4.69) is 13.8 Å². The van der Waals surface area contributed by atoms with E-state index in [0.717, 1.165) is 26.1 Å². The molecule has 0 atom stereocenters. The quantitative estimate of drug-likeness (QED) is 0.0865. The largest absolute Gasteiger partial charge is 0.237 e. The van der Waals surface area contributed by atoms with E-state index in [1.165, 1.54) is 128 Å². The van der Waals surface area contributed by atoms with Crippen LogP contribution in [0.2, 0.25) is 0 Å². The van der Waals surface area contributed by atoms with Gasteiger partial charge in [-0.15, -0.1) is 0 Å². The lowest BCUT2D eigenvalue weighted by Crippen LogP contribution is -1.99. The van der Waals surface area contributed by atoms with Crippen LogP contribution in [0, 0.1) is 0 Å². The summed E-state index contributed by atoms with van der Waals surface area (Å²) < 4.78 is 0. The van der Waals surface area contributed by atoms with Crippen LogP contribution >= 0.6 is 0 Å². The Hall–Kier alpha value is -0.0800. The fourth-order valence-electron chi connectivity index (χ4n) is 3.77. The van der Waals surface area contributed by atoms with Gasteiger partial charge in [0.25, 0.3) is 0 Å². The molecule has 0 spiro atoms. The highest BCUT2D eigenvalue weighted by Gasteiger charge is 1.96. The number of hydrogen-bond donors (Lipinski definition) is 0. The molecule has 0 N–H and O–H groups in total. The van der Waals surface area contributed by atoms with Gasteiger partial charge in [0, 0.05) is 0 Å². The van der Waals surface area contributed by atoms with Crippen molar-refractivity contribution in [2.75, 3.05) is 13.2 Å². The van der Waals surface area contributed by atoms with Crippen molar-refractivity contribution in [1.29, 1.82) is 0 Å². The molecular weight excluding hydrogens is 344 g/mol. The van der Waals surface area contributed by atoms with E-state index in [0.29, 0.717) is 0 Å². The van der Waals surface area contributed by atoms with Gasteiger partial charge in [0.05, 0.1) is 13.2 Å². The van der Waals surface area contributed by atoms with Gasteiger partial charge in [-0.1, -0.05) is 142 Å². The number of hydrogen-bond acceptors (Lipinski definition) is 2. The van der Waals surface area contributed by atoms with E-state index in [1.807, 2.05) is 0 Å². The van der Waals surface area contributed by atoms with Crippen molar-refractivity contribution in [3.8, 4) is 0 Å². The molecule has 28 heavy (non-hydrogen) atoms. The van der Waals surface area contributed by atoms with Crippen molar-refractivity contribution in [3.05, 3.63) is 0 Å². The summed E-state index contributed by atoms with van der Waals surface area (Å²) in [6.07, 6.45) is 30.3. The zero-order chi connectivity index (χ0) is 20.4. The minimum absolute atomic E-state index is 0.773. The van der Waals surface area contributed by atoms with E-state index in [9.17, 15) is 0 Å². The fourth-order valence-corrected chi connectivity index (χ4v) is 3.77. The molecule has 0 unspecified atom stereocenters. The molecule has 0 radical (unpaired) electrons. The highest BCUT2D eigenvalue weighted by Crippen LogP contribution is 2.12. The Bertz CT molecular complexity index is 229. The van der Waals surface area contributed by atoms with Crippen molar-refractivity contribution in [2.45, 2.75) is 155 Å². The van der Waals surface area contributed by atoms with Crippen molar-refractivity contribution in [3.63, 3.8) is 0 Å². The molecular formula is C26H54O2. The molecule has 2 nitrogen and oxygen atoms in total. The normalized spacial score (nSPS) is 11.4. The Kier molecular flexibility index (Phi) is 26.8. The van der Waals surface area contributed by atoms with Crippen LogP contribution in [0.15, 0.2) is 0 Å². The highest BCUT2D eigenvalue weighted by atomic mass is 17.2. The SMILES string of the molecule is CCCCCCCCCCCCCOOCCCCCCCCCCCCC. The topological polar surface area (TPSA) is 18.5 Å². The first-order chi connectivity index (χ1) is 13.9. The number of unbranched alkanes of at least 4 members (excludes halogenated alkanes) is 20. The molecule has 2 heteroatoms. The molecule has 0 aromatic carbocycles. The first-order valence-corrected chi connectivity index (χ1v) is 13.2. The second-order valence-corrected chi connectivity index (χ2v) is 8.72. The minimum atomic E-state index is 0.773. The Morgan fingerprint density at radius 2 is 0.500 bits per heavy atom. The molecule has 0 fully saturated rings. The summed E-state index contributed by atoms with van der Waals surface area (Å²) in [5.74, 6) is 0. The summed E-state index contributed by atoms with van der Waals surface area (Å²) in [6, 6.07) is 0. The maximum atomic E-state index is 5.31. The average molecular weight is 399 g/mol. The van der Waals surface area contributed by atoms with Gasteiger partial charge >= 0.3 is 0 Å². The van der Waals surface area contributed by atoms with Crippen molar-refractivity contribution < 1.29 is 9.78 Å². The van der Waals surface area contributed by atoms with Gasteiger partial charge in [0.1, 0.15) is 0 Å². The van der Waals surface area contributed by atoms with E-state index in [1.54, 1.807) is 0 Å². The molecule has 0 heterocycles. The molecule has 0 saturated heterocycles. The summed E-state index contributed by atoms with van der Waals surface area (Å²) in [6.45, 7) is 6.12. The fraction of sp³-hybridized carbons (Fsp3) is 1.00. The average Bonchev–Trinajstić information content (AvgIpc) is 2.71. The lowest BCUT2D eigenvalue weighted by Gasteiger charge is -2.05. The van der Waals surface area contributed by atoms with Crippen molar-refractivity contribution in [1.82, 2.24) is 0 Å². The first-order valence-electron chi connectivity index (χ1n) is 13.2. The van der Waals surface area contributed by atoms with Gasteiger partial charge in [-0.25, -0.2) is 9.78 Å². The smallest absolute Gasteiger partial charge is 0.0822 e. The van der Waals surface area contributed by atoms with E-state index in [-0.39, 0.29) is 0 Å². The van der Waals surface area contributed by atoms with Crippen molar-refractivity contribution >= 4 is 0 Å². The third kappa shape index (κ3) is 25.9. The highest BCUT2D eigenvalue weighted by molar-refractivity contribution is 4.49. The maximum Gasteiger partial charge on any atom is 0.0822 e. The van der Waals surface area contributed by atoms with Crippen LogP contribution in [0.5, 0.6) is 0 Å². The van der Waals surface area contributed by atoms with Crippen LogP contribution in [-0.2, 0) is 9.78 Å². The molecule has 0 aromatic heterocycles. The van der Waals surface area contributed by atoms with E-state index < -0.39 is 0 Å². The Morgan fingerprint density at radius 3 is 0.750 bits per heavy atom. The predicted molar refractivity (Wildman–Crippen MR) is 125 cm³/mol. The molecule has 0 aliphatic carbocycles. The molecule has 0 aliphatic rings. The summed E-state index contributed by atoms with van der Waals surface area (Å²) in [5.41, 5.74) is 0. The standard InChI is InChI=1S/C26H54O2/c1-3-5-7-9-11-13-15-17-19-21-23-25-27-28-26-24-22-20-18-16-14-12-10-8-6-4-2/h3-26H2,1-2H3. The third-order valence-corrected chi connectivity index (χ3v) is 5.75. The molecule has 0 bridgehead atoms. The van der Waals surface area contributed by atoms with Crippen LogP contribution < -0.4 is 0 Å². The molecule has 0 amide bonds. The monoisotopic (exact) mass is 398 g/mol. The minimum Gasteiger partial charge on any atom is -0.237 e. The van der Waals surface area contributed by atoms with Gasteiger partial charge in [-0.2, -0.15) is 0 Å². The van der Waals surface area contributed by atoms with Crippen LogP contribution in [0.1, 0.15) is 155 Å².